The number of aliphatic hydroxyl groups excluding tert-OH is 1. The fourth-order valence-electron chi connectivity index (χ4n) is 3.91. The van der Waals surface area contributed by atoms with Gasteiger partial charge in [-0.1, -0.05) is 32.0 Å². The Hall–Kier alpha value is -2.08. The molecule has 1 heterocycles. The lowest BCUT2D eigenvalue weighted by molar-refractivity contribution is -0.118. The van der Waals surface area contributed by atoms with Gasteiger partial charge in [-0.05, 0) is 56.1 Å². The van der Waals surface area contributed by atoms with E-state index in [1.165, 1.54) is 5.56 Å². The van der Waals surface area contributed by atoms with Crippen LogP contribution in [-0.4, -0.2) is 49.8 Å². The molecule has 0 bridgehead atoms. The summed E-state index contributed by atoms with van der Waals surface area (Å²) in [6.45, 7) is 9.55. The van der Waals surface area contributed by atoms with Gasteiger partial charge in [0, 0.05) is 44.9 Å². The Kier molecular flexibility index (Phi) is 9.45. The lowest BCUT2D eigenvalue weighted by atomic mass is 9.79. The van der Waals surface area contributed by atoms with E-state index in [4.69, 9.17) is 4.99 Å². The quantitative estimate of drug-likeness (QED) is 0.302. The third kappa shape index (κ3) is 6.46. The molecule has 6 nitrogen and oxygen atoms in total. The maximum absolute atomic E-state index is 12.6. The van der Waals surface area contributed by atoms with Crippen LogP contribution in [0, 0.1) is 5.41 Å². The van der Waals surface area contributed by atoms with Gasteiger partial charge >= 0.3 is 0 Å². The Balaban J connectivity index is 1.82. The van der Waals surface area contributed by atoms with Crippen LogP contribution in [0.15, 0.2) is 29.3 Å². The predicted octanol–water partition coefficient (Wildman–Crippen LogP) is 3.10. The molecule has 6 heteroatoms. The molecular weight excluding hydrogens is 364 g/mol. The van der Waals surface area contributed by atoms with E-state index in [-0.39, 0.29) is 17.9 Å². The number of rotatable bonds is 11. The first-order valence-corrected chi connectivity index (χ1v) is 11.1. The van der Waals surface area contributed by atoms with Crippen molar-refractivity contribution < 1.29 is 9.90 Å². The number of para-hydroxylation sites is 1. The Morgan fingerprint density at radius 1 is 1.21 bits per heavy atom. The number of amides is 1. The number of hydrogen-bond donors (Lipinski definition) is 3. The minimum atomic E-state index is 0.0518. The van der Waals surface area contributed by atoms with Crippen molar-refractivity contribution in [2.24, 2.45) is 10.4 Å². The number of nitrogens with one attached hydrogen (secondary N) is 2. The van der Waals surface area contributed by atoms with Crippen molar-refractivity contribution in [2.45, 2.75) is 59.3 Å². The second kappa shape index (κ2) is 11.8. The molecule has 162 valence electrons. The van der Waals surface area contributed by atoms with Gasteiger partial charge in [0.05, 0.1) is 0 Å². The Morgan fingerprint density at radius 2 is 1.97 bits per heavy atom. The summed E-state index contributed by atoms with van der Waals surface area (Å²) >= 11 is 0. The van der Waals surface area contributed by atoms with Crippen molar-refractivity contribution in [1.82, 2.24) is 10.6 Å². The van der Waals surface area contributed by atoms with E-state index >= 15 is 0 Å². The summed E-state index contributed by atoms with van der Waals surface area (Å²) < 4.78 is 0. The summed E-state index contributed by atoms with van der Waals surface area (Å²) in [5.74, 6) is 0.980. The van der Waals surface area contributed by atoms with E-state index in [1.54, 1.807) is 0 Å². The standard InChI is InChI=1S/C23H38N4O2/c1-4-23(5-2,14-17-28)18-26-22(24-6-3)25-15-9-12-21(29)27-16-13-19-10-7-8-11-20(19)27/h7-8,10-11,28H,4-6,9,12-18H2,1-3H3,(H2,24,25,26). The van der Waals surface area contributed by atoms with Crippen molar-refractivity contribution in [3.05, 3.63) is 29.8 Å². The molecule has 1 aromatic carbocycles. The van der Waals surface area contributed by atoms with Gasteiger partial charge in [-0.3, -0.25) is 9.79 Å². The molecule has 29 heavy (non-hydrogen) atoms. The van der Waals surface area contributed by atoms with Crippen LogP contribution in [0.1, 0.15) is 58.4 Å². The molecule has 0 radical (unpaired) electrons. The van der Waals surface area contributed by atoms with E-state index in [0.717, 1.165) is 56.8 Å². The molecule has 3 N–H and O–H groups in total. The molecule has 1 amide bonds. The largest absolute Gasteiger partial charge is 0.396 e. The highest BCUT2D eigenvalue weighted by Crippen LogP contribution is 2.30. The summed E-state index contributed by atoms with van der Waals surface area (Å²) in [5, 5.41) is 16.0. The fraction of sp³-hybridized carbons (Fsp3) is 0.652. The number of aliphatic imine (C=N–C) groups is 1. The van der Waals surface area contributed by atoms with Crippen LogP contribution in [0.5, 0.6) is 0 Å². The van der Waals surface area contributed by atoms with E-state index in [9.17, 15) is 9.90 Å². The van der Waals surface area contributed by atoms with Gasteiger partial charge in [-0.15, -0.1) is 0 Å². The van der Waals surface area contributed by atoms with Gasteiger partial charge in [0.1, 0.15) is 0 Å². The summed E-state index contributed by atoms with van der Waals surface area (Å²) in [6, 6.07) is 8.17. The monoisotopic (exact) mass is 402 g/mol. The topological polar surface area (TPSA) is 77.0 Å². The number of hydrogen-bond acceptors (Lipinski definition) is 3. The van der Waals surface area contributed by atoms with Crippen LogP contribution >= 0.6 is 0 Å². The number of nitrogens with zero attached hydrogens (tertiary/aromatic N) is 2. The zero-order valence-corrected chi connectivity index (χ0v) is 18.3. The smallest absolute Gasteiger partial charge is 0.227 e. The summed E-state index contributed by atoms with van der Waals surface area (Å²) in [5.41, 5.74) is 2.38. The van der Waals surface area contributed by atoms with Gasteiger partial charge < -0.3 is 20.6 Å². The van der Waals surface area contributed by atoms with Gasteiger partial charge in [0.15, 0.2) is 5.96 Å². The number of anilines is 1. The van der Waals surface area contributed by atoms with Gasteiger partial charge in [-0.2, -0.15) is 0 Å². The molecule has 0 aromatic heterocycles. The maximum Gasteiger partial charge on any atom is 0.227 e. The second-order valence-electron chi connectivity index (χ2n) is 7.83. The molecule has 1 aliphatic heterocycles. The molecule has 0 unspecified atom stereocenters. The van der Waals surface area contributed by atoms with Gasteiger partial charge in [-0.25, -0.2) is 0 Å². The number of carbonyl (C=O) groups is 1. The highest BCUT2D eigenvalue weighted by atomic mass is 16.3. The molecule has 0 saturated heterocycles. The lowest BCUT2D eigenvalue weighted by Crippen LogP contribution is -2.39. The van der Waals surface area contributed by atoms with Crippen molar-refractivity contribution in [1.29, 1.82) is 0 Å². The molecule has 1 aromatic rings. The highest BCUT2D eigenvalue weighted by Gasteiger charge is 2.25. The van der Waals surface area contributed by atoms with E-state index in [1.807, 2.05) is 30.0 Å². The average molecular weight is 403 g/mol. The summed E-state index contributed by atoms with van der Waals surface area (Å²) in [4.78, 5) is 19.3. The first-order chi connectivity index (χ1) is 14.1. The zero-order valence-electron chi connectivity index (χ0n) is 18.3. The van der Waals surface area contributed by atoms with Gasteiger partial charge in [0.2, 0.25) is 5.91 Å². The highest BCUT2D eigenvalue weighted by molar-refractivity contribution is 5.95. The van der Waals surface area contributed by atoms with Crippen molar-refractivity contribution in [3.63, 3.8) is 0 Å². The number of guanidine groups is 1. The van der Waals surface area contributed by atoms with Gasteiger partial charge in [0.25, 0.3) is 0 Å². The number of carbonyl (C=O) groups excluding carboxylic acids is 1. The van der Waals surface area contributed by atoms with Crippen molar-refractivity contribution in [3.8, 4) is 0 Å². The second-order valence-corrected chi connectivity index (χ2v) is 7.83. The van der Waals surface area contributed by atoms with Crippen molar-refractivity contribution in [2.75, 3.05) is 37.7 Å². The molecule has 0 spiro atoms. The van der Waals surface area contributed by atoms with E-state index in [0.29, 0.717) is 19.5 Å². The Bertz CT molecular complexity index is 671. The molecule has 0 aliphatic carbocycles. The zero-order chi connectivity index (χ0) is 21.1. The minimum Gasteiger partial charge on any atom is -0.396 e. The van der Waals surface area contributed by atoms with Crippen LogP contribution in [0.25, 0.3) is 0 Å². The molecule has 0 atom stereocenters. The Morgan fingerprint density at radius 3 is 2.66 bits per heavy atom. The first-order valence-electron chi connectivity index (χ1n) is 11.1. The normalized spacial score (nSPS) is 14.1. The molecule has 2 rings (SSSR count). The number of fused-ring (bicyclic) bond motifs is 1. The molecule has 0 saturated carbocycles. The minimum absolute atomic E-state index is 0.0518. The van der Waals surface area contributed by atoms with Crippen molar-refractivity contribution >= 4 is 17.6 Å². The number of aliphatic hydroxyl groups is 1. The Labute approximate surface area is 175 Å². The first kappa shape index (κ1) is 23.2. The summed E-state index contributed by atoms with van der Waals surface area (Å²) in [7, 11) is 0. The van der Waals surface area contributed by atoms with Crippen LogP contribution < -0.4 is 15.5 Å². The molecule has 0 fully saturated rings. The number of benzene rings is 1. The third-order valence-electron chi connectivity index (χ3n) is 6.11. The van der Waals surface area contributed by atoms with Crippen LogP contribution in [-0.2, 0) is 11.2 Å². The van der Waals surface area contributed by atoms with E-state index in [2.05, 4.69) is 30.5 Å². The molecule has 1 aliphatic rings. The van der Waals surface area contributed by atoms with E-state index < -0.39 is 0 Å². The lowest BCUT2D eigenvalue weighted by Gasteiger charge is -2.29. The fourth-order valence-corrected chi connectivity index (χ4v) is 3.91. The third-order valence-corrected chi connectivity index (χ3v) is 6.11. The summed E-state index contributed by atoms with van der Waals surface area (Å²) in [6.07, 6.45) is 5.01. The SMILES string of the molecule is CCNC(=NCC(CC)(CC)CCO)NCCCC(=O)N1CCc2ccccc21. The molecular formula is C23H38N4O2. The van der Waals surface area contributed by atoms with Crippen LogP contribution in [0.4, 0.5) is 5.69 Å². The predicted molar refractivity (Wildman–Crippen MR) is 120 cm³/mol. The average Bonchev–Trinajstić information content (AvgIpc) is 3.18. The maximum atomic E-state index is 12.6. The van der Waals surface area contributed by atoms with Crippen LogP contribution in [0.3, 0.4) is 0 Å². The van der Waals surface area contributed by atoms with Crippen LogP contribution in [0.2, 0.25) is 0 Å².